The summed E-state index contributed by atoms with van der Waals surface area (Å²) >= 11 is 0. The summed E-state index contributed by atoms with van der Waals surface area (Å²) in [4.78, 5) is 12.9. The molecule has 0 fully saturated rings. The quantitative estimate of drug-likeness (QED) is 0.146. The molecule has 5 N–H and O–H groups in total. The van der Waals surface area contributed by atoms with Crippen molar-refractivity contribution >= 4 is 45.4 Å². The maximum atomic E-state index is 9.69. The maximum absolute atomic E-state index is 9.69. The first kappa shape index (κ1) is 19.0. The van der Waals surface area contributed by atoms with Gasteiger partial charge in [-0.2, -0.15) is 0 Å². The average molecular weight is 237 g/mol. The van der Waals surface area contributed by atoms with Crippen LogP contribution in [-0.2, 0) is 15.2 Å². The van der Waals surface area contributed by atoms with E-state index in [0.29, 0.717) is 0 Å². The summed E-state index contributed by atoms with van der Waals surface area (Å²) in [6, 6.07) is 0. The fourth-order valence-corrected chi connectivity index (χ4v) is 0.159. The second kappa shape index (κ2) is 8.95. The van der Waals surface area contributed by atoms with Gasteiger partial charge in [-0.1, -0.05) is 0 Å². The third-order valence-corrected chi connectivity index (χ3v) is 0.397. The Kier molecular flexibility index (Phi) is 12.2. The number of nitrogens with two attached hydrogens (primary N) is 2. The summed E-state index contributed by atoms with van der Waals surface area (Å²) in [7, 11) is -5.17. The standard InChI is InChI=1S/C3H7N3O2.Mg.H2O4S/c4-3(5)6-1-2(7)8;;1-5(2,3)4/h1H2,(H,7,8)(H4,4,5,6);;(H2,1,2,3,4)/q;+2;/p-2. The van der Waals surface area contributed by atoms with Crippen LogP contribution in [0.4, 0.5) is 0 Å². The number of carbonyl (C=O) groups is 1. The summed E-state index contributed by atoms with van der Waals surface area (Å²) in [6.07, 6.45) is 0. The minimum atomic E-state index is -5.17. The normalized spacial score (nSPS) is 8.71. The van der Waals surface area contributed by atoms with Gasteiger partial charge in [0.1, 0.15) is 6.54 Å². The minimum Gasteiger partial charge on any atom is -0.759 e. The Bertz CT molecular complexity index is 275. The first-order chi connectivity index (χ1) is 5.63. The first-order valence-electron chi connectivity index (χ1n) is 2.57. The molecular weight excluding hydrogens is 230 g/mol. The number of carboxylic acid groups (broad SMARTS) is 1. The van der Waals surface area contributed by atoms with E-state index in [1.54, 1.807) is 0 Å². The predicted molar refractivity (Wildman–Crippen MR) is 44.5 cm³/mol. The van der Waals surface area contributed by atoms with Crippen LogP contribution in [0.25, 0.3) is 0 Å². The molecule has 0 aliphatic rings. The van der Waals surface area contributed by atoms with Crippen LogP contribution in [-0.4, -0.2) is 64.2 Å². The summed E-state index contributed by atoms with van der Waals surface area (Å²) in [5, 5.41) is 7.94. The van der Waals surface area contributed by atoms with Gasteiger partial charge in [0.15, 0.2) is 5.96 Å². The molecule has 0 saturated heterocycles. The molecule has 0 atom stereocenters. The number of aliphatic imine (C=N–C) groups is 1. The van der Waals surface area contributed by atoms with Crippen molar-refractivity contribution in [3.63, 3.8) is 0 Å². The van der Waals surface area contributed by atoms with Crippen molar-refractivity contribution in [3.05, 3.63) is 0 Å². The van der Waals surface area contributed by atoms with E-state index >= 15 is 0 Å². The fourth-order valence-electron chi connectivity index (χ4n) is 0.159. The van der Waals surface area contributed by atoms with Gasteiger partial charge in [0, 0.05) is 10.4 Å². The van der Waals surface area contributed by atoms with Crippen molar-refractivity contribution < 1.29 is 27.4 Å². The van der Waals surface area contributed by atoms with Crippen molar-refractivity contribution in [3.8, 4) is 0 Å². The molecule has 0 heterocycles. The van der Waals surface area contributed by atoms with E-state index < -0.39 is 16.4 Å². The van der Waals surface area contributed by atoms with E-state index in [1.807, 2.05) is 0 Å². The smallest absolute Gasteiger partial charge is 0.759 e. The zero-order valence-corrected chi connectivity index (χ0v) is 9.14. The zero-order valence-electron chi connectivity index (χ0n) is 6.91. The third-order valence-electron chi connectivity index (χ3n) is 0.397. The Morgan fingerprint density at radius 2 is 1.64 bits per heavy atom. The van der Waals surface area contributed by atoms with Crippen LogP contribution in [0, 0.1) is 0 Å². The Labute approximate surface area is 95.9 Å². The monoisotopic (exact) mass is 237 g/mol. The molecule has 9 nitrogen and oxygen atoms in total. The SMILES string of the molecule is NC(N)=NCC(=O)O.O=S(=O)([O-])[O-].[Mg+2]. The Morgan fingerprint density at radius 1 is 1.36 bits per heavy atom. The summed E-state index contributed by atoms with van der Waals surface area (Å²) in [5.41, 5.74) is 9.61. The van der Waals surface area contributed by atoms with Crippen LogP contribution in [0.3, 0.4) is 0 Å². The molecule has 0 aliphatic heterocycles. The fraction of sp³-hybridized carbons (Fsp3) is 0.333. The number of hydrogen-bond acceptors (Lipinski definition) is 6. The molecule has 0 radical (unpaired) electrons. The van der Waals surface area contributed by atoms with E-state index in [1.165, 1.54) is 0 Å². The molecule has 0 aromatic heterocycles. The molecule has 0 aromatic carbocycles. The van der Waals surface area contributed by atoms with E-state index in [4.69, 9.17) is 34.1 Å². The third kappa shape index (κ3) is 64.0. The molecule has 0 bridgehead atoms. The minimum absolute atomic E-state index is 0. The molecule has 78 valence electrons. The molecule has 0 saturated carbocycles. The second-order valence-electron chi connectivity index (χ2n) is 1.54. The van der Waals surface area contributed by atoms with Gasteiger partial charge in [0.2, 0.25) is 0 Å². The Balaban J connectivity index is -0.000000177. The number of rotatable bonds is 2. The van der Waals surface area contributed by atoms with E-state index in [9.17, 15) is 4.79 Å². The molecular formula is C3H7MgN3O6S. The number of nitrogens with zero attached hydrogens (tertiary/aromatic N) is 1. The average Bonchev–Trinajstić information content (AvgIpc) is 1.79. The number of carboxylic acids is 1. The van der Waals surface area contributed by atoms with Crippen molar-refractivity contribution in [2.24, 2.45) is 16.5 Å². The molecule has 0 aromatic rings. The van der Waals surface area contributed by atoms with E-state index in [2.05, 4.69) is 4.99 Å². The van der Waals surface area contributed by atoms with Gasteiger partial charge >= 0.3 is 29.0 Å². The molecule has 0 amide bonds. The van der Waals surface area contributed by atoms with Crippen LogP contribution in [0.5, 0.6) is 0 Å². The van der Waals surface area contributed by atoms with Gasteiger partial charge in [-0.25, -0.2) is 4.99 Å². The van der Waals surface area contributed by atoms with Gasteiger partial charge in [0.25, 0.3) is 0 Å². The van der Waals surface area contributed by atoms with Crippen molar-refractivity contribution in [1.82, 2.24) is 0 Å². The predicted octanol–water partition coefficient (Wildman–Crippen LogP) is -3.37. The van der Waals surface area contributed by atoms with Crippen molar-refractivity contribution in [1.29, 1.82) is 0 Å². The summed E-state index contributed by atoms with van der Waals surface area (Å²) < 4.78 is 34.1. The van der Waals surface area contributed by atoms with Crippen LogP contribution < -0.4 is 11.5 Å². The summed E-state index contributed by atoms with van der Waals surface area (Å²) in [5.74, 6) is -1.24. The van der Waals surface area contributed by atoms with Crippen molar-refractivity contribution in [2.75, 3.05) is 6.54 Å². The number of guanidine groups is 1. The van der Waals surface area contributed by atoms with Gasteiger partial charge < -0.3 is 25.7 Å². The van der Waals surface area contributed by atoms with Crippen molar-refractivity contribution in [2.45, 2.75) is 0 Å². The van der Waals surface area contributed by atoms with Crippen LogP contribution in [0.1, 0.15) is 0 Å². The topological polar surface area (TPSA) is 182 Å². The largest absolute Gasteiger partial charge is 2.00 e. The van der Waals surface area contributed by atoms with Gasteiger partial charge in [-0.3, -0.25) is 13.2 Å². The van der Waals surface area contributed by atoms with Crippen LogP contribution >= 0.6 is 0 Å². The molecule has 11 heteroatoms. The van der Waals surface area contributed by atoms with Gasteiger partial charge in [0.05, 0.1) is 0 Å². The summed E-state index contributed by atoms with van der Waals surface area (Å²) in [6.45, 7) is -0.359. The van der Waals surface area contributed by atoms with Crippen LogP contribution in [0.15, 0.2) is 4.99 Å². The van der Waals surface area contributed by atoms with Gasteiger partial charge in [-0.05, 0) is 0 Å². The number of hydrogen-bond donors (Lipinski definition) is 3. The second-order valence-corrected chi connectivity index (χ2v) is 2.36. The molecule has 0 unspecified atom stereocenters. The number of aliphatic carboxylic acids is 1. The van der Waals surface area contributed by atoms with Crippen LogP contribution in [0.2, 0.25) is 0 Å². The molecule has 0 rings (SSSR count). The molecule has 0 spiro atoms. The van der Waals surface area contributed by atoms with E-state index in [-0.39, 0.29) is 35.6 Å². The maximum Gasteiger partial charge on any atom is 2.00 e. The Hall–Kier alpha value is -0.624. The van der Waals surface area contributed by atoms with Gasteiger partial charge in [-0.15, -0.1) is 0 Å². The molecule has 14 heavy (non-hydrogen) atoms. The Morgan fingerprint density at radius 3 is 1.71 bits per heavy atom. The van der Waals surface area contributed by atoms with E-state index in [0.717, 1.165) is 0 Å². The zero-order chi connectivity index (χ0) is 11.1. The molecule has 0 aliphatic carbocycles. The first-order valence-corrected chi connectivity index (χ1v) is 3.90.